The highest BCUT2D eigenvalue weighted by molar-refractivity contribution is 7.21. The van der Waals surface area contributed by atoms with E-state index in [0.29, 0.717) is 39.3 Å². The highest BCUT2D eigenvalue weighted by Gasteiger charge is 2.35. The van der Waals surface area contributed by atoms with Crippen LogP contribution in [0.4, 0.5) is 26.3 Å². The largest absolute Gasteiger partial charge is 0.429 e. The summed E-state index contributed by atoms with van der Waals surface area (Å²) in [5.74, 6) is -6.24. The van der Waals surface area contributed by atoms with Crippen molar-refractivity contribution in [3.05, 3.63) is 107 Å². The zero-order chi connectivity index (χ0) is 25.6. The van der Waals surface area contributed by atoms with E-state index in [9.17, 15) is 26.3 Å². The number of benzene rings is 4. The maximum absolute atomic E-state index is 14.6. The molecule has 0 saturated heterocycles. The van der Waals surface area contributed by atoms with Crippen LogP contribution in [-0.2, 0) is 6.11 Å². The number of hydrogen-bond acceptors (Lipinski definition) is 3. The Morgan fingerprint density at radius 2 is 1.42 bits per heavy atom. The fourth-order valence-electron chi connectivity index (χ4n) is 3.67. The zero-order valence-corrected chi connectivity index (χ0v) is 19.3. The zero-order valence-electron chi connectivity index (χ0n) is 18.5. The predicted octanol–water partition coefficient (Wildman–Crippen LogP) is 8.62. The van der Waals surface area contributed by atoms with Crippen LogP contribution in [0.1, 0.15) is 11.1 Å². The van der Waals surface area contributed by atoms with Gasteiger partial charge in [-0.25, -0.2) is 22.5 Å². The summed E-state index contributed by atoms with van der Waals surface area (Å²) in [6.07, 6.45) is -3.93. The van der Waals surface area contributed by atoms with Gasteiger partial charge in [0.05, 0.1) is 15.8 Å². The summed E-state index contributed by atoms with van der Waals surface area (Å²) < 4.78 is 88.5. The number of thiazole rings is 1. The Balaban J connectivity index is 1.40. The lowest BCUT2D eigenvalue weighted by Gasteiger charge is -2.18. The molecule has 0 spiro atoms. The first-order valence-electron chi connectivity index (χ1n) is 10.6. The number of halogens is 6. The molecule has 1 aromatic heterocycles. The second-order valence-corrected chi connectivity index (χ2v) is 9.11. The maximum atomic E-state index is 14.6. The second kappa shape index (κ2) is 8.98. The smallest absolute Gasteiger partial charge is 0.426 e. The average Bonchev–Trinajstić information content (AvgIpc) is 3.26. The molecule has 0 atom stereocenters. The molecular formula is C27H15F6NOS. The van der Waals surface area contributed by atoms with Crippen molar-refractivity contribution in [1.82, 2.24) is 4.98 Å². The number of alkyl halides is 2. The maximum Gasteiger partial charge on any atom is 0.426 e. The normalized spacial score (nSPS) is 11.8. The van der Waals surface area contributed by atoms with Gasteiger partial charge in [0.25, 0.3) is 0 Å². The molecule has 0 bridgehead atoms. The van der Waals surface area contributed by atoms with E-state index in [0.717, 1.165) is 22.4 Å². The Hall–Kier alpha value is -3.85. The van der Waals surface area contributed by atoms with Crippen molar-refractivity contribution in [3.63, 3.8) is 0 Å². The summed E-state index contributed by atoms with van der Waals surface area (Å²) in [6.45, 7) is 1.81. The Morgan fingerprint density at radius 1 is 0.750 bits per heavy atom. The topological polar surface area (TPSA) is 22.1 Å². The van der Waals surface area contributed by atoms with Crippen LogP contribution in [0.2, 0.25) is 0 Å². The van der Waals surface area contributed by atoms with E-state index in [1.807, 2.05) is 12.1 Å². The van der Waals surface area contributed by atoms with Gasteiger partial charge in [0, 0.05) is 23.3 Å². The van der Waals surface area contributed by atoms with Gasteiger partial charge < -0.3 is 4.74 Å². The van der Waals surface area contributed by atoms with E-state index in [2.05, 4.69) is 9.72 Å². The van der Waals surface area contributed by atoms with Crippen molar-refractivity contribution in [2.75, 3.05) is 0 Å². The first-order chi connectivity index (χ1) is 17.1. The molecule has 1 heterocycles. The van der Waals surface area contributed by atoms with Gasteiger partial charge in [0.15, 0.2) is 17.5 Å². The lowest BCUT2D eigenvalue weighted by atomic mass is 10.0. The first kappa shape index (κ1) is 23.9. The summed E-state index contributed by atoms with van der Waals surface area (Å²) in [4.78, 5) is 4.53. The molecule has 0 fully saturated rings. The van der Waals surface area contributed by atoms with Gasteiger partial charge in [-0.3, -0.25) is 0 Å². The van der Waals surface area contributed by atoms with Crippen LogP contribution in [0.3, 0.4) is 0 Å². The fourth-order valence-corrected chi connectivity index (χ4v) is 4.69. The summed E-state index contributed by atoms with van der Waals surface area (Å²) in [5.41, 5.74) is 2.62. The van der Waals surface area contributed by atoms with Gasteiger partial charge in [-0.2, -0.15) is 8.78 Å². The minimum atomic E-state index is -3.93. The molecule has 0 unspecified atom stereocenters. The summed E-state index contributed by atoms with van der Waals surface area (Å²) in [6, 6.07) is 16.1. The molecule has 0 aliphatic heterocycles. The monoisotopic (exact) mass is 515 g/mol. The van der Waals surface area contributed by atoms with Crippen LogP contribution < -0.4 is 4.74 Å². The third kappa shape index (κ3) is 4.54. The molecule has 0 amide bonds. The third-order valence-corrected chi connectivity index (χ3v) is 6.56. The highest BCUT2D eigenvalue weighted by atomic mass is 32.1. The van der Waals surface area contributed by atoms with E-state index in [1.165, 1.54) is 29.5 Å². The van der Waals surface area contributed by atoms with Gasteiger partial charge in [-0.1, -0.05) is 30.3 Å². The van der Waals surface area contributed by atoms with Gasteiger partial charge >= 0.3 is 6.11 Å². The Labute approximate surface area is 205 Å². The van der Waals surface area contributed by atoms with Crippen LogP contribution in [0.5, 0.6) is 5.75 Å². The highest BCUT2D eigenvalue weighted by Crippen LogP contribution is 2.37. The van der Waals surface area contributed by atoms with Gasteiger partial charge in [-0.05, 0) is 48.4 Å². The van der Waals surface area contributed by atoms with Crippen LogP contribution in [0.25, 0.3) is 31.9 Å². The van der Waals surface area contributed by atoms with Crippen molar-refractivity contribution in [2.24, 2.45) is 0 Å². The standard InChI is InChI=1S/C27H15F6NOS/c1-14-2-8-19(20(28)10-14)16-5-9-23-24(11-16)36-26(34-23)15-3-6-17(7-4-15)27(32,33)35-18-12-21(29)25(31)22(30)13-18/h2-13H,1H3. The minimum Gasteiger partial charge on any atom is -0.429 e. The van der Waals surface area contributed by atoms with E-state index in [1.54, 1.807) is 25.1 Å². The van der Waals surface area contributed by atoms with Gasteiger partial charge in [0.1, 0.15) is 16.6 Å². The summed E-state index contributed by atoms with van der Waals surface area (Å²) >= 11 is 1.32. The van der Waals surface area contributed by atoms with Crippen LogP contribution in [0, 0.1) is 30.2 Å². The Bertz CT molecular complexity index is 1570. The fraction of sp³-hybridized carbons (Fsp3) is 0.0741. The molecule has 9 heteroatoms. The molecule has 0 aliphatic carbocycles. The molecule has 182 valence electrons. The number of aryl methyl sites for hydroxylation is 1. The van der Waals surface area contributed by atoms with Gasteiger partial charge in [0.2, 0.25) is 0 Å². The van der Waals surface area contributed by atoms with E-state index < -0.39 is 34.9 Å². The summed E-state index contributed by atoms with van der Waals surface area (Å²) in [7, 11) is 0. The number of hydrogen-bond donors (Lipinski definition) is 0. The molecule has 0 aliphatic rings. The number of nitrogens with zero attached hydrogens (tertiary/aromatic N) is 1. The van der Waals surface area contributed by atoms with Crippen molar-refractivity contribution in [2.45, 2.75) is 13.0 Å². The SMILES string of the molecule is Cc1ccc(-c2ccc3nc(-c4ccc(C(F)(F)Oc5cc(F)c(F)c(F)c5)cc4)sc3c2)c(F)c1. The second-order valence-electron chi connectivity index (χ2n) is 8.08. The van der Waals surface area contributed by atoms with E-state index in [-0.39, 0.29) is 5.82 Å². The lowest BCUT2D eigenvalue weighted by molar-refractivity contribution is -0.185. The Morgan fingerprint density at radius 3 is 2.08 bits per heavy atom. The predicted molar refractivity (Wildman–Crippen MR) is 126 cm³/mol. The van der Waals surface area contributed by atoms with Crippen LogP contribution in [0.15, 0.2) is 72.8 Å². The number of aromatic nitrogens is 1. The quantitative estimate of drug-likeness (QED) is 0.173. The number of fused-ring (bicyclic) bond motifs is 1. The number of rotatable bonds is 5. The molecular weight excluding hydrogens is 500 g/mol. The van der Waals surface area contributed by atoms with Crippen LogP contribution >= 0.6 is 11.3 Å². The minimum absolute atomic E-state index is 0.330. The number of ether oxygens (including phenoxy) is 1. The van der Waals surface area contributed by atoms with Crippen molar-refractivity contribution in [3.8, 4) is 27.4 Å². The molecule has 36 heavy (non-hydrogen) atoms. The average molecular weight is 515 g/mol. The molecule has 0 radical (unpaired) electrons. The van der Waals surface area contributed by atoms with Crippen molar-refractivity contribution >= 4 is 21.6 Å². The van der Waals surface area contributed by atoms with E-state index >= 15 is 0 Å². The first-order valence-corrected chi connectivity index (χ1v) is 11.4. The van der Waals surface area contributed by atoms with Crippen molar-refractivity contribution < 1.29 is 31.1 Å². The Kier molecular flexibility index (Phi) is 5.96. The molecule has 2 nitrogen and oxygen atoms in total. The molecule has 5 rings (SSSR count). The molecule has 4 aromatic carbocycles. The third-order valence-electron chi connectivity index (χ3n) is 5.50. The summed E-state index contributed by atoms with van der Waals surface area (Å²) in [5, 5.41) is 0.560. The van der Waals surface area contributed by atoms with Crippen molar-refractivity contribution in [1.29, 1.82) is 0 Å². The molecule has 0 saturated carbocycles. The lowest BCUT2D eigenvalue weighted by Crippen LogP contribution is -2.22. The molecule has 0 N–H and O–H groups in total. The molecule has 5 aromatic rings. The van der Waals surface area contributed by atoms with Crippen LogP contribution in [-0.4, -0.2) is 4.98 Å². The van der Waals surface area contributed by atoms with Gasteiger partial charge in [-0.15, -0.1) is 11.3 Å². The van der Waals surface area contributed by atoms with E-state index in [4.69, 9.17) is 0 Å².